The monoisotopic (exact) mass is 246 g/mol. The molecule has 16 heavy (non-hydrogen) atoms. The van der Waals surface area contributed by atoms with Gasteiger partial charge in [-0.1, -0.05) is 0 Å². The Bertz CT molecular complexity index is 269. The molecule has 1 rings (SSSR count). The number of carbonyl (C=O) groups excluding carboxylic acids is 2. The van der Waals surface area contributed by atoms with Crippen molar-refractivity contribution in [2.24, 2.45) is 5.73 Å². The topological polar surface area (TPSA) is 72.6 Å². The Morgan fingerprint density at radius 1 is 1.56 bits per heavy atom. The lowest BCUT2D eigenvalue weighted by molar-refractivity contribution is -0.141. The third kappa shape index (κ3) is 4.02. The summed E-state index contributed by atoms with van der Waals surface area (Å²) in [6, 6.07) is -0.212. The number of ether oxygens (including phenoxy) is 1. The normalized spacial score (nSPS) is 16.7. The number of thioether (sulfide) groups is 1. The van der Waals surface area contributed by atoms with E-state index in [1.165, 1.54) is 18.9 Å². The van der Waals surface area contributed by atoms with Crippen LogP contribution in [0, 0.1) is 0 Å². The zero-order chi connectivity index (χ0) is 12.1. The summed E-state index contributed by atoms with van der Waals surface area (Å²) >= 11 is 1.37. The molecule has 5 nitrogen and oxygen atoms in total. The number of rotatable bonds is 6. The van der Waals surface area contributed by atoms with Crippen molar-refractivity contribution < 1.29 is 14.3 Å². The average Bonchev–Trinajstić information content (AvgIpc) is 3.10. The predicted molar refractivity (Wildman–Crippen MR) is 63.1 cm³/mol. The lowest BCUT2D eigenvalue weighted by Gasteiger charge is -2.16. The van der Waals surface area contributed by atoms with Crippen molar-refractivity contribution in [3.63, 3.8) is 0 Å². The van der Waals surface area contributed by atoms with Crippen molar-refractivity contribution in [3.05, 3.63) is 0 Å². The fourth-order valence-electron chi connectivity index (χ4n) is 1.26. The van der Waals surface area contributed by atoms with Crippen molar-refractivity contribution in [2.75, 3.05) is 25.7 Å². The number of methoxy groups -OCH3 is 1. The summed E-state index contributed by atoms with van der Waals surface area (Å²) < 4.78 is 4.49. The predicted octanol–water partition coefficient (Wildman–Crippen LogP) is -0.159. The molecular formula is C10H18N2O3S. The van der Waals surface area contributed by atoms with Gasteiger partial charge in [-0.2, -0.15) is 0 Å². The maximum Gasteiger partial charge on any atom is 0.323 e. The van der Waals surface area contributed by atoms with Crippen molar-refractivity contribution in [1.29, 1.82) is 0 Å². The van der Waals surface area contributed by atoms with Crippen molar-refractivity contribution in [2.45, 2.75) is 24.9 Å². The molecule has 2 N–H and O–H groups in total. The van der Waals surface area contributed by atoms with Gasteiger partial charge in [0.1, 0.15) is 6.04 Å². The third-order valence-corrected chi connectivity index (χ3v) is 3.56. The van der Waals surface area contributed by atoms with Crippen molar-refractivity contribution >= 4 is 23.6 Å². The Morgan fingerprint density at radius 2 is 2.19 bits per heavy atom. The van der Waals surface area contributed by atoms with Crippen LogP contribution in [0.3, 0.4) is 0 Å². The van der Waals surface area contributed by atoms with Crippen LogP contribution in [0.15, 0.2) is 0 Å². The molecule has 92 valence electrons. The molecular weight excluding hydrogens is 228 g/mol. The van der Waals surface area contributed by atoms with E-state index in [1.54, 1.807) is 4.90 Å². The summed E-state index contributed by atoms with van der Waals surface area (Å²) in [5.41, 5.74) is 5.54. The highest BCUT2D eigenvalue weighted by Crippen LogP contribution is 2.25. The van der Waals surface area contributed by atoms with E-state index in [1.807, 2.05) is 7.05 Å². The maximum atomic E-state index is 11.6. The molecule has 1 unspecified atom stereocenters. The zero-order valence-electron chi connectivity index (χ0n) is 9.64. The fraction of sp³-hybridized carbons (Fsp3) is 0.800. The highest BCUT2D eigenvalue weighted by atomic mass is 32.2. The van der Waals surface area contributed by atoms with E-state index in [4.69, 9.17) is 5.73 Å². The summed E-state index contributed by atoms with van der Waals surface area (Å²) in [5, 5.41) is 0. The van der Waals surface area contributed by atoms with Crippen LogP contribution in [0.25, 0.3) is 0 Å². The summed E-state index contributed by atoms with van der Waals surface area (Å²) in [4.78, 5) is 24.4. The minimum atomic E-state index is -0.644. The molecule has 1 aliphatic carbocycles. The third-order valence-electron chi connectivity index (χ3n) is 2.51. The first-order valence-corrected chi connectivity index (χ1v) is 6.38. The molecule has 0 spiro atoms. The van der Waals surface area contributed by atoms with Crippen LogP contribution in [0.4, 0.5) is 0 Å². The van der Waals surface area contributed by atoms with Crippen LogP contribution in [0.5, 0.6) is 0 Å². The second-order valence-electron chi connectivity index (χ2n) is 3.88. The molecule has 0 aromatic rings. The number of esters is 1. The van der Waals surface area contributed by atoms with Gasteiger partial charge in [0.05, 0.1) is 12.9 Å². The quantitative estimate of drug-likeness (QED) is 0.659. The van der Waals surface area contributed by atoms with E-state index in [0.717, 1.165) is 12.8 Å². The number of nitrogens with two attached hydrogens (primary N) is 1. The molecule has 0 heterocycles. The minimum Gasteiger partial charge on any atom is -0.468 e. The zero-order valence-corrected chi connectivity index (χ0v) is 10.5. The largest absolute Gasteiger partial charge is 0.468 e. The molecule has 1 amide bonds. The second-order valence-corrected chi connectivity index (χ2v) is 4.91. The molecule has 0 aromatic heterocycles. The average molecular weight is 246 g/mol. The second kappa shape index (κ2) is 6.10. The molecule has 1 atom stereocenters. The van der Waals surface area contributed by atoms with Crippen molar-refractivity contribution in [1.82, 2.24) is 4.90 Å². The molecule has 1 saturated carbocycles. The molecule has 0 bridgehead atoms. The highest BCUT2D eigenvalue weighted by Gasteiger charge is 2.29. The lowest BCUT2D eigenvalue weighted by Crippen LogP contribution is -2.35. The maximum absolute atomic E-state index is 11.6. The first-order valence-electron chi connectivity index (χ1n) is 5.23. The summed E-state index contributed by atoms with van der Waals surface area (Å²) in [7, 11) is 3.12. The molecule has 0 saturated heterocycles. The Hall–Kier alpha value is -0.750. The van der Waals surface area contributed by atoms with Crippen molar-refractivity contribution in [3.8, 4) is 0 Å². The fourth-order valence-corrected chi connectivity index (χ4v) is 2.15. The van der Waals surface area contributed by atoms with E-state index in [-0.39, 0.29) is 5.91 Å². The SMILES string of the molecule is COC(=O)C(N)CSCC(=O)N(C)C1CC1. The van der Waals surface area contributed by atoms with Gasteiger partial charge < -0.3 is 15.4 Å². The van der Waals surface area contributed by atoms with Gasteiger partial charge >= 0.3 is 5.97 Å². The molecule has 0 aliphatic heterocycles. The Balaban J connectivity index is 2.14. The summed E-state index contributed by atoms with van der Waals surface area (Å²) in [6.07, 6.45) is 2.21. The molecule has 1 aliphatic rings. The molecule has 6 heteroatoms. The molecule has 0 radical (unpaired) electrons. The summed E-state index contributed by atoms with van der Waals surface area (Å²) in [5.74, 6) is 0.453. The van der Waals surface area contributed by atoms with Crippen LogP contribution in [-0.4, -0.2) is 54.5 Å². The van der Waals surface area contributed by atoms with Crippen LogP contribution >= 0.6 is 11.8 Å². The first kappa shape index (κ1) is 13.3. The molecule has 1 fully saturated rings. The number of hydrogen-bond donors (Lipinski definition) is 1. The van der Waals surface area contributed by atoms with E-state index in [9.17, 15) is 9.59 Å². The number of amides is 1. The van der Waals surface area contributed by atoms with Crippen LogP contribution in [0.1, 0.15) is 12.8 Å². The smallest absolute Gasteiger partial charge is 0.323 e. The van der Waals surface area contributed by atoms with Gasteiger partial charge in [0, 0.05) is 18.8 Å². The van der Waals surface area contributed by atoms with Gasteiger partial charge in [0.2, 0.25) is 5.91 Å². The number of nitrogens with zero attached hydrogens (tertiary/aromatic N) is 1. The van der Waals surface area contributed by atoms with Gasteiger partial charge in [-0.3, -0.25) is 9.59 Å². The van der Waals surface area contributed by atoms with E-state index >= 15 is 0 Å². The van der Waals surface area contributed by atoms with Crippen LogP contribution in [0.2, 0.25) is 0 Å². The lowest BCUT2D eigenvalue weighted by atomic mass is 10.4. The Kier molecular flexibility index (Phi) is 5.08. The first-order chi connectivity index (χ1) is 7.56. The number of hydrogen-bond acceptors (Lipinski definition) is 5. The van der Waals surface area contributed by atoms with E-state index < -0.39 is 12.0 Å². The van der Waals surface area contributed by atoms with Gasteiger partial charge in [-0.25, -0.2) is 0 Å². The van der Waals surface area contributed by atoms with Gasteiger partial charge in [0.25, 0.3) is 0 Å². The van der Waals surface area contributed by atoms with E-state index in [2.05, 4.69) is 4.74 Å². The van der Waals surface area contributed by atoms with Gasteiger partial charge in [-0.05, 0) is 12.8 Å². The summed E-state index contributed by atoms with van der Waals surface area (Å²) in [6.45, 7) is 0. The van der Waals surface area contributed by atoms with Crippen LogP contribution < -0.4 is 5.73 Å². The van der Waals surface area contributed by atoms with E-state index in [0.29, 0.717) is 17.5 Å². The molecule has 0 aromatic carbocycles. The van der Waals surface area contributed by atoms with Gasteiger partial charge in [0.15, 0.2) is 0 Å². The Morgan fingerprint density at radius 3 is 2.69 bits per heavy atom. The minimum absolute atomic E-state index is 0.101. The van der Waals surface area contributed by atoms with Gasteiger partial charge in [-0.15, -0.1) is 11.8 Å². The standard InChI is InChI=1S/C10H18N2O3S/c1-12(7-3-4-7)9(13)6-16-5-8(11)10(14)15-2/h7-8H,3-6,11H2,1-2H3. The van der Waals surface area contributed by atoms with Crippen LogP contribution in [-0.2, 0) is 14.3 Å². The Labute approximate surface area is 99.7 Å². The number of carbonyl (C=O) groups is 2. The highest BCUT2D eigenvalue weighted by molar-refractivity contribution is 8.00.